The minimum absolute atomic E-state index is 0.0251. The van der Waals surface area contributed by atoms with E-state index in [1.54, 1.807) is 7.11 Å². The van der Waals surface area contributed by atoms with Crippen LogP contribution in [-0.4, -0.2) is 73.0 Å². The van der Waals surface area contributed by atoms with Gasteiger partial charge in [0.2, 0.25) is 0 Å². The highest BCUT2D eigenvalue weighted by atomic mass is 16.6. The van der Waals surface area contributed by atoms with E-state index in [1.807, 2.05) is 56.0 Å². The average Bonchev–Trinajstić information content (AvgIpc) is 3.51. The van der Waals surface area contributed by atoms with Gasteiger partial charge >= 0.3 is 6.09 Å². The Labute approximate surface area is 175 Å². The fraction of sp³-hybridized carbons (Fsp3) is 0.696. The van der Waals surface area contributed by atoms with Crippen LogP contribution in [0.2, 0.25) is 0 Å². The summed E-state index contributed by atoms with van der Waals surface area (Å²) in [5.41, 5.74) is -0.449. The summed E-state index contributed by atoms with van der Waals surface area (Å²) >= 11 is 0. The predicted octanol–water partition coefficient (Wildman–Crippen LogP) is 3.94. The number of hydrogen-bond acceptors (Lipinski definition) is 5. The lowest BCUT2D eigenvalue weighted by atomic mass is 10.0. The molecule has 1 unspecified atom stereocenters. The second kappa shape index (κ2) is 9.81. The molecular formula is C23H36N2O4. The molecule has 0 N–H and O–H groups in total. The number of rotatable bonds is 8. The topological polar surface area (TPSA) is 51.2 Å². The number of hydrogen-bond donors (Lipinski definition) is 0. The molecule has 0 bridgehead atoms. The zero-order chi connectivity index (χ0) is 20.9. The number of likely N-dealkylation sites (tertiary alicyclic amines) is 1. The molecule has 1 aromatic carbocycles. The van der Waals surface area contributed by atoms with E-state index < -0.39 is 5.60 Å². The number of para-hydroxylation sites is 1. The van der Waals surface area contributed by atoms with Gasteiger partial charge in [0.05, 0.1) is 0 Å². The summed E-state index contributed by atoms with van der Waals surface area (Å²) in [6.45, 7) is 9.09. The van der Waals surface area contributed by atoms with Gasteiger partial charge in [-0.1, -0.05) is 18.2 Å². The standard InChI is InChI=1S/C23H36N2O4/c1-23(2,3)29-22(26)25(18-10-11-18)19-12-14-24(15-13-19)16-21(27-4)17-28-20-8-6-5-7-9-20/h5-9,18-19,21H,10-17H2,1-4H3. The lowest BCUT2D eigenvalue weighted by Gasteiger charge is -2.40. The molecule has 2 aliphatic rings. The highest BCUT2D eigenvalue weighted by molar-refractivity contribution is 5.69. The summed E-state index contributed by atoms with van der Waals surface area (Å²) in [6.07, 6.45) is 4.03. The second-order valence-corrected chi connectivity index (χ2v) is 9.13. The van der Waals surface area contributed by atoms with Crippen LogP contribution in [0.15, 0.2) is 30.3 Å². The Morgan fingerprint density at radius 1 is 1.10 bits per heavy atom. The average molecular weight is 405 g/mol. The first kappa shape index (κ1) is 21.9. The van der Waals surface area contributed by atoms with E-state index in [2.05, 4.69) is 4.90 Å². The minimum atomic E-state index is -0.449. The van der Waals surface area contributed by atoms with E-state index in [9.17, 15) is 4.79 Å². The normalized spacial score (nSPS) is 19.6. The summed E-state index contributed by atoms with van der Waals surface area (Å²) < 4.78 is 17.2. The molecule has 29 heavy (non-hydrogen) atoms. The molecule has 6 heteroatoms. The zero-order valence-electron chi connectivity index (χ0n) is 18.3. The molecule has 6 nitrogen and oxygen atoms in total. The Bertz CT molecular complexity index is 634. The molecule has 0 spiro atoms. The van der Waals surface area contributed by atoms with Crippen LogP contribution in [0, 0.1) is 0 Å². The Morgan fingerprint density at radius 3 is 2.28 bits per heavy atom. The van der Waals surface area contributed by atoms with Crippen LogP contribution in [0.5, 0.6) is 5.75 Å². The van der Waals surface area contributed by atoms with Crippen molar-refractivity contribution in [3.05, 3.63) is 30.3 Å². The molecular weight excluding hydrogens is 368 g/mol. The molecule has 1 aliphatic heterocycles. The first-order valence-electron chi connectivity index (χ1n) is 10.8. The van der Waals surface area contributed by atoms with Gasteiger partial charge in [0, 0.05) is 38.8 Å². The summed E-state index contributed by atoms with van der Waals surface area (Å²) in [4.78, 5) is 17.2. The minimum Gasteiger partial charge on any atom is -0.491 e. The highest BCUT2D eigenvalue weighted by Crippen LogP contribution is 2.33. The molecule has 1 saturated carbocycles. The smallest absolute Gasteiger partial charge is 0.410 e. The maximum absolute atomic E-state index is 12.7. The first-order chi connectivity index (χ1) is 13.9. The Hall–Kier alpha value is -1.79. The van der Waals surface area contributed by atoms with Crippen molar-refractivity contribution < 1.29 is 19.0 Å². The quantitative estimate of drug-likeness (QED) is 0.657. The third-order valence-electron chi connectivity index (χ3n) is 5.47. The number of carbonyl (C=O) groups is 1. The van der Waals surface area contributed by atoms with Crippen LogP contribution in [0.1, 0.15) is 46.5 Å². The highest BCUT2D eigenvalue weighted by Gasteiger charge is 2.40. The lowest BCUT2D eigenvalue weighted by Crippen LogP contribution is -2.51. The number of benzene rings is 1. The molecule has 1 aliphatic carbocycles. The molecule has 1 saturated heterocycles. The van der Waals surface area contributed by atoms with Crippen LogP contribution < -0.4 is 4.74 Å². The van der Waals surface area contributed by atoms with Crippen molar-refractivity contribution in [2.45, 2.75) is 70.2 Å². The molecule has 1 heterocycles. The molecule has 0 radical (unpaired) electrons. The van der Waals surface area contributed by atoms with Crippen LogP contribution >= 0.6 is 0 Å². The van der Waals surface area contributed by atoms with Gasteiger partial charge in [-0.05, 0) is 58.6 Å². The number of amides is 1. The van der Waals surface area contributed by atoms with Crippen molar-refractivity contribution in [1.82, 2.24) is 9.80 Å². The summed E-state index contributed by atoms with van der Waals surface area (Å²) in [6, 6.07) is 10.5. The molecule has 3 rings (SSSR count). The number of carbonyl (C=O) groups excluding carboxylic acids is 1. The van der Waals surface area contributed by atoms with E-state index in [4.69, 9.17) is 14.2 Å². The lowest BCUT2D eigenvalue weighted by molar-refractivity contribution is -0.00363. The summed E-state index contributed by atoms with van der Waals surface area (Å²) in [7, 11) is 1.74. The molecule has 2 fully saturated rings. The molecule has 1 amide bonds. The van der Waals surface area contributed by atoms with Gasteiger partial charge in [-0.3, -0.25) is 0 Å². The number of methoxy groups -OCH3 is 1. The van der Waals surface area contributed by atoms with E-state index in [-0.39, 0.29) is 18.2 Å². The van der Waals surface area contributed by atoms with Crippen molar-refractivity contribution in [3.8, 4) is 5.75 Å². The van der Waals surface area contributed by atoms with Crippen LogP contribution in [0.25, 0.3) is 0 Å². The summed E-state index contributed by atoms with van der Waals surface area (Å²) in [5, 5.41) is 0. The fourth-order valence-corrected chi connectivity index (χ4v) is 3.83. The van der Waals surface area contributed by atoms with Gasteiger partial charge in [-0.25, -0.2) is 4.79 Å². The third kappa shape index (κ3) is 6.89. The maximum atomic E-state index is 12.7. The summed E-state index contributed by atoms with van der Waals surface area (Å²) in [5.74, 6) is 0.866. The first-order valence-corrected chi connectivity index (χ1v) is 10.8. The van der Waals surface area contributed by atoms with Crippen LogP contribution in [0.4, 0.5) is 4.79 Å². The van der Waals surface area contributed by atoms with Crippen molar-refractivity contribution in [2.75, 3.05) is 33.4 Å². The van der Waals surface area contributed by atoms with Crippen molar-refractivity contribution in [2.24, 2.45) is 0 Å². The van der Waals surface area contributed by atoms with Gasteiger partial charge in [0.1, 0.15) is 24.1 Å². The monoisotopic (exact) mass is 404 g/mol. The molecule has 162 valence electrons. The van der Waals surface area contributed by atoms with Gasteiger partial charge in [-0.15, -0.1) is 0 Å². The van der Waals surface area contributed by atoms with Crippen LogP contribution in [0.3, 0.4) is 0 Å². The van der Waals surface area contributed by atoms with E-state index in [0.717, 1.165) is 51.1 Å². The molecule has 0 aromatic heterocycles. The number of ether oxygens (including phenoxy) is 3. The Kier molecular flexibility index (Phi) is 7.41. The number of piperidine rings is 1. The maximum Gasteiger partial charge on any atom is 0.410 e. The number of nitrogens with zero attached hydrogens (tertiary/aromatic N) is 2. The van der Waals surface area contributed by atoms with E-state index in [0.29, 0.717) is 12.6 Å². The molecule has 1 atom stereocenters. The van der Waals surface area contributed by atoms with Crippen LogP contribution in [-0.2, 0) is 9.47 Å². The second-order valence-electron chi connectivity index (χ2n) is 9.13. The Morgan fingerprint density at radius 2 is 1.72 bits per heavy atom. The van der Waals surface area contributed by atoms with Gasteiger partial charge in [0.25, 0.3) is 0 Å². The van der Waals surface area contributed by atoms with Crippen molar-refractivity contribution in [3.63, 3.8) is 0 Å². The van der Waals surface area contributed by atoms with E-state index in [1.165, 1.54) is 0 Å². The predicted molar refractivity (Wildman–Crippen MR) is 113 cm³/mol. The SMILES string of the molecule is COC(COc1ccccc1)CN1CCC(N(C(=O)OC(C)(C)C)C2CC2)CC1. The van der Waals surface area contributed by atoms with Crippen molar-refractivity contribution >= 4 is 6.09 Å². The Balaban J connectivity index is 1.46. The zero-order valence-corrected chi connectivity index (χ0v) is 18.3. The fourth-order valence-electron chi connectivity index (χ4n) is 3.83. The van der Waals surface area contributed by atoms with E-state index >= 15 is 0 Å². The van der Waals surface area contributed by atoms with Gasteiger partial charge < -0.3 is 24.0 Å². The third-order valence-corrected chi connectivity index (χ3v) is 5.47. The van der Waals surface area contributed by atoms with Gasteiger partial charge in [0.15, 0.2) is 0 Å². The van der Waals surface area contributed by atoms with Gasteiger partial charge in [-0.2, -0.15) is 0 Å². The largest absolute Gasteiger partial charge is 0.491 e. The molecule has 1 aromatic rings. The van der Waals surface area contributed by atoms with Crippen molar-refractivity contribution in [1.29, 1.82) is 0 Å².